The number of rotatable bonds is 3. The van der Waals surface area contributed by atoms with Crippen LogP contribution in [-0.4, -0.2) is 19.3 Å². The van der Waals surface area contributed by atoms with Crippen LogP contribution < -0.4 is 5.32 Å². The van der Waals surface area contributed by atoms with Crippen LogP contribution >= 0.6 is 0 Å². The van der Waals surface area contributed by atoms with Gasteiger partial charge in [-0.25, -0.2) is 0 Å². The first-order chi connectivity index (χ1) is 7.25. The van der Waals surface area contributed by atoms with Crippen LogP contribution in [0.15, 0.2) is 18.2 Å². The van der Waals surface area contributed by atoms with Crippen LogP contribution in [0.2, 0.25) is 0 Å². The van der Waals surface area contributed by atoms with Crippen molar-refractivity contribution in [3.8, 4) is 0 Å². The fourth-order valence-electron chi connectivity index (χ4n) is 1.87. The maximum absolute atomic E-state index is 5.33. The van der Waals surface area contributed by atoms with Crippen molar-refractivity contribution >= 4 is 0 Å². The first kappa shape index (κ1) is 10.7. The van der Waals surface area contributed by atoms with Crippen molar-refractivity contribution in [3.63, 3.8) is 0 Å². The van der Waals surface area contributed by atoms with Gasteiger partial charge in [-0.3, -0.25) is 0 Å². The fraction of sp³-hybridized carbons (Fsp3) is 0.538. The zero-order valence-corrected chi connectivity index (χ0v) is 9.55. The minimum Gasteiger partial charge on any atom is -0.380 e. The summed E-state index contributed by atoms with van der Waals surface area (Å²) < 4.78 is 5.33. The molecule has 82 valence electrons. The summed E-state index contributed by atoms with van der Waals surface area (Å²) >= 11 is 0. The number of aryl methyl sites for hydroxylation is 2. The van der Waals surface area contributed by atoms with Crippen LogP contribution in [0.5, 0.6) is 0 Å². The van der Waals surface area contributed by atoms with Crippen LogP contribution in [0, 0.1) is 13.8 Å². The van der Waals surface area contributed by atoms with Crippen LogP contribution in [0.3, 0.4) is 0 Å². The molecule has 1 atom stereocenters. The first-order valence-corrected chi connectivity index (χ1v) is 5.63. The van der Waals surface area contributed by atoms with Crippen molar-refractivity contribution in [1.29, 1.82) is 0 Å². The fourth-order valence-corrected chi connectivity index (χ4v) is 1.87. The Balaban J connectivity index is 1.90. The molecule has 0 bridgehead atoms. The normalized spacial score (nSPS) is 20.8. The second-order valence-electron chi connectivity index (χ2n) is 4.36. The summed E-state index contributed by atoms with van der Waals surface area (Å²) in [5.41, 5.74) is 4.10. The quantitative estimate of drug-likeness (QED) is 0.816. The molecule has 1 aromatic carbocycles. The zero-order valence-electron chi connectivity index (χ0n) is 9.55. The molecule has 1 N–H and O–H groups in total. The minimum absolute atomic E-state index is 0.548. The number of ether oxygens (including phenoxy) is 1. The second kappa shape index (κ2) is 4.77. The average Bonchev–Trinajstić information content (AvgIpc) is 2.73. The second-order valence-corrected chi connectivity index (χ2v) is 4.36. The molecule has 1 saturated heterocycles. The van der Waals surface area contributed by atoms with E-state index in [0.29, 0.717) is 6.04 Å². The summed E-state index contributed by atoms with van der Waals surface area (Å²) in [6, 6.07) is 7.20. The Morgan fingerprint density at radius 3 is 2.87 bits per heavy atom. The summed E-state index contributed by atoms with van der Waals surface area (Å²) in [7, 11) is 0. The predicted molar refractivity (Wildman–Crippen MR) is 62.0 cm³/mol. The van der Waals surface area contributed by atoms with Crippen LogP contribution in [0.4, 0.5) is 0 Å². The Morgan fingerprint density at radius 2 is 2.20 bits per heavy atom. The van der Waals surface area contributed by atoms with E-state index in [0.717, 1.165) is 26.2 Å². The number of hydrogen-bond donors (Lipinski definition) is 1. The predicted octanol–water partition coefficient (Wildman–Crippen LogP) is 2.18. The van der Waals surface area contributed by atoms with E-state index in [4.69, 9.17) is 4.74 Å². The van der Waals surface area contributed by atoms with Gasteiger partial charge in [-0.15, -0.1) is 0 Å². The third kappa shape index (κ3) is 2.80. The molecule has 2 rings (SSSR count). The molecule has 1 aliphatic heterocycles. The highest BCUT2D eigenvalue weighted by Crippen LogP contribution is 2.11. The third-order valence-electron chi connectivity index (χ3n) is 3.10. The highest BCUT2D eigenvalue weighted by Gasteiger charge is 2.14. The van der Waals surface area contributed by atoms with Crippen molar-refractivity contribution in [3.05, 3.63) is 34.9 Å². The smallest absolute Gasteiger partial charge is 0.0620 e. The molecule has 15 heavy (non-hydrogen) atoms. The van der Waals surface area contributed by atoms with Crippen LogP contribution in [0.25, 0.3) is 0 Å². The van der Waals surface area contributed by atoms with Gasteiger partial charge < -0.3 is 10.1 Å². The van der Waals surface area contributed by atoms with Crippen molar-refractivity contribution in [2.45, 2.75) is 32.9 Å². The van der Waals surface area contributed by atoms with E-state index in [1.165, 1.54) is 16.7 Å². The van der Waals surface area contributed by atoms with E-state index in [-0.39, 0.29) is 0 Å². The lowest BCUT2D eigenvalue weighted by atomic mass is 10.1. The lowest BCUT2D eigenvalue weighted by molar-refractivity contribution is 0.190. The Hall–Kier alpha value is -0.860. The highest BCUT2D eigenvalue weighted by molar-refractivity contribution is 5.29. The molecule has 0 amide bonds. The van der Waals surface area contributed by atoms with Gasteiger partial charge in [-0.1, -0.05) is 18.2 Å². The minimum atomic E-state index is 0.548. The molecule has 0 radical (unpaired) electrons. The molecule has 1 unspecified atom stereocenters. The average molecular weight is 205 g/mol. The van der Waals surface area contributed by atoms with Crippen LogP contribution in [0.1, 0.15) is 23.1 Å². The van der Waals surface area contributed by atoms with Gasteiger partial charge in [0, 0.05) is 19.2 Å². The molecule has 0 spiro atoms. The van der Waals surface area contributed by atoms with Crippen molar-refractivity contribution < 1.29 is 4.74 Å². The van der Waals surface area contributed by atoms with Crippen molar-refractivity contribution in [2.24, 2.45) is 0 Å². The van der Waals surface area contributed by atoms with E-state index >= 15 is 0 Å². The topological polar surface area (TPSA) is 21.3 Å². The Morgan fingerprint density at radius 1 is 1.33 bits per heavy atom. The van der Waals surface area contributed by atoms with Gasteiger partial charge in [-0.05, 0) is 37.0 Å². The Bertz CT molecular complexity index is 329. The van der Waals surface area contributed by atoms with E-state index in [1.807, 2.05) is 0 Å². The SMILES string of the molecule is Cc1ccc(CNC2CCOC2)cc1C. The number of benzene rings is 1. The summed E-state index contributed by atoms with van der Waals surface area (Å²) in [6.45, 7) is 7.04. The maximum Gasteiger partial charge on any atom is 0.0620 e. The van der Waals surface area contributed by atoms with Gasteiger partial charge in [0.2, 0.25) is 0 Å². The first-order valence-electron chi connectivity index (χ1n) is 5.63. The lowest BCUT2D eigenvalue weighted by Crippen LogP contribution is -2.28. The van der Waals surface area contributed by atoms with Gasteiger partial charge in [0.05, 0.1) is 6.61 Å². The Kier molecular flexibility index (Phi) is 3.39. The molecule has 0 saturated carbocycles. The summed E-state index contributed by atoms with van der Waals surface area (Å²) in [6.07, 6.45) is 1.14. The third-order valence-corrected chi connectivity index (χ3v) is 3.10. The largest absolute Gasteiger partial charge is 0.380 e. The molecule has 1 fully saturated rings. The molecule has 2 heteroatoms. The van der Waals surface area contributed by atoms with Crippen molar-refractivity contribution in [1.82, 2.24) is 5.32 Å². The van der Waals surface area contributed by atoms with E-state index in [9.17, 15) is 0 Å². The molecular weight excluding hydrogens is 186 g/mol. The number of hydrogen-bond acceptors (Lipinski definition) is 2. The highest BCUT2D eigenvalue weighted by atomic mass is 16.5. The molecular formula is C13H19NO. The molecule has 0 aromatic heterocycles. The van der Waals surface area contributed by atoms with E-state index in [1.54, 1.807) is 0 Å². The monoisotopic (exact) mass is 205 g/mol. The standard InChI is InChI=1S/C13H19NO/c1-10-3-4-12(7-11(10)2)8-14-13-5-6-15-9-13/h3-4,7,13-14H,5-6,8-9H2,1-2H3. The van der Waals surface area contributed by atoms with Gasteiger partial charge in [-0.2, -0.15) is 0 Å². The zero-order chi connectivity index (χ0) is 10.7. The molecule has 1 heterocycles. The maximum atomic E-state index is 5.33. The number of nitrogens with one attached hydrogen (secondary N) is 1. The van der Waals surface area contributed by atoms with Gasteiger partial charge in [0.15, 0.2) is 0 Å². The molecule has 2 nitrogen and oxygen atoms in total. The summed E-state index contributed by atoms with van der Waals surface area (Å²) in [4.78, 5) is 0. The lowest BCUT2D eigenvalue weighted by Gasteiger charge is -2.11. The van der Waals surface area contributed by atoms with Gasteiger partial charge in [0.1, 0.15) is 0 Å². The van der Waals surface area contributed by atoms with E-state index in [2.05, 4.69) is 37.4 Å². The molecule has 1 aliphatic rings. The van der Waals surface area contributed by atoms with Gasteiger partial charge >= 0.3 is 0 Å². The van der Waals surface area contributed by atoms with Gasteiger partial charge in [0.25, 0.3) is 0 Å². The molecule has 0 aliphatic carbocycles. The molecule has 1 aromatic rings. The van der Waals surface area contributed by atoms with Crippen LogP contribution in [-0.2, 0) is 11.3 Å². The summed E-state index contributed by atoms with van der Waals surface area (Å²) in [5.74, 6) is 0. The van der Waals surface area contributed by atoms with Crippen molar-refractivity contribution in [2.75, 3.05) is 13.2 Å². The van der Waals surface area contributed by atoms with E-state index < -0.39 is 0 Å². The Labute approximate surface area is 91.6 Å². The summed E-state index contributed by atoms with van der Waals surface area (Å²) in [5, 5.41) is 3.52.